The molecule has 0 saturated carbocycles. The van der Waals surface area contributed by atoms with E-state index in [0.29, 0.717) is 12.1 Å². The minimum atomic E-state index is -0.0273. The highest BCUT2D eigenvalue weighted by Gasteiger charge is 2.27. The largest absolute Gasteiger partial charge is 0.370 e. The molecule has 4 nitrogen and oxygen atoms in total. The van der Waals surface area contributed by atoms with Crippen LogP contribution < -0.4 is 10.2 Å². The van der Waals surface area contributed by atoms with Gasteiger partial charge in [0.15, 0.2) is 0 Å². The fraction of sp³-hybridized carbons (Fsp3) is 0.353. The lowest BCUT2D eigenvalue weighted by atomic mass is 10.1. The topological polar surface area (TPSA) is 42.8 Å². The fourth-order valence-electron chi connectivity index (χ4n) is 2.84. The monoisotopic (exact) mass is 395 g/mol. The Labute approximate surface area is 148 Å². The van der Waals surface area contributed by atoms with Gasteiger partial charge in [-0.15, -0.1) is 11.3 Å². The molecule has 1 aliphatic heterocycles. The highest BCUT2D eigenvalue weighted by Crippen LogP contribution is 2.17. The van der Waals surface area contributed by atoms with Crippen molar-refractivity contribution < 1.29 is 14.4 Å². The molecule has 2 N–H and O–H groups in total. The molecular weight excluding hydrogens is 376 g/mol. The molecule has 1 aromatic carbocycles. The fourth-order valence-corrected chi connectivity index (χ4v) is 4.13. The van der Waals surface area contributed by atoms with E-state index in [9.17, 15) is 4.79 Å². The van der Waals surface area contributed by atoms with E-state index in [0.717, 1.165) is 30.8 Å². The van der Waals surface area contributed by atoms with Crippen molar-refractivity contribution in [3.8, 4) is 0 Å². The molecule has 2 heterocycles. The summed E-state index contributed by atoms with van der Waals surface area (Å²) in [4.78, 5) is 15.2. The van der Waals surface area contributed by atoms with Gasteiger partial charge in [0.2, 0.25) is 0 Å². The number of carbonyl (C=O) groups is 1. The second-order valence-corrected chi connectivity index (χ2v) is 7.45. The van der Waals surface area contributed by atoms with Crippen LogP contribution in [-0.4, -0.2) is 38.8 Å². The van der Waals surface area contributed by atoms with Gasteiger partial charge in [0.05, 0.1) is 24.6 Å². The number of amides is 1. The summed E-state index contributed by atoms with van der Waals surface area (Å²) in [6.45, 7) is 4.18. The number of morpholine rings is 1. The Morgan fingerprint density at radius 1 is 1.30 bits per heavy atom. The standard InChI is InChI=1S/C17H19BrN2O2S/c18-14-4-1-3-13(11-14)17(21)19-12-15(16-5-2-10-23-16)20-6-8-22-9-7-20/h1-5,10-11,15H,6-9,12H2,(H,19,21)/p+1/t15-/m0/s1. The average Bonchev–Trinajstić information content (AvgIpc) is 3.10. The zero-order valence-electron chi connectivity index (χ0n) is 12.8. The predicted octanol–water partition coefficient (Wildman–Crippen LogP) is 1.90. The third-order valence-electron chi connectivity index (χ3n) is 4.07. The first-order valence-corrected chi connectivity index (χ1v) is 9.41. The molecule has 1 saturated heterocycles. The van der Waals surface area contributed by atoms with E-state index < -0.39 is 0 Å². The minimum absolute atomic E-state index is 0.0273. The molecule has 1 atom stereocenters. The van der Waals surface area contributed by atoms with Crippen LogP contribution in [0.5, 0.6) is 0 Å². The number of hydrogen-bond acceptors (Lipinski definition) is 3. The number of quaternary nitrogens is 1. The lowest BCUT2D eigenvalue weighted by Crippen LogP contribution is -3.15. The Kier molecular flexibility index (Phi) is 5.83. The van der Waals surface area contributed by atoms with E-state index in [1.807, 2.05) is 24.3 Å². The van der Waals surface area contributed by atoms with Crippen molar-refractivity contribution in [1.29, 1.82) is 0 Å². The molecule has 0 radical (unpaired) electrons. The Morgan fingerprint density at radius 3 is 2.83 bits per heavy atom. The normalized spacial score (nSPS) is 16.9. The average molecular weight is 396 g/mol. The number of benzene rings is 1. The number of halogens is 1. The van der Waals surface area contributed by atoms with E-state index in [1.165, 1.54) is 9.78 Å². The molecule has 6 heteroatoms. The molecule has 23 heavy (non-hydrogen) atoms. The third-order valence-corrected chi connectivity index (χ3v) is 5.55. The van der Waals surface area contributed by atoms with E-state index in [4.69, 9.17) is 4.74 Å². The molecule has 122 valence electrons. The summed E-state index contributed by atoms with van der Waals surface area (Å²) in [5, 5.41) is 5.19. The Morgan fingerprint density at radius 2 is 2.13 bits per heavy atom. The second kappa shape index (κ2) is 8.06. The second-order valence-electron chi connectivity index (χ2n) is 5.56. The van der Waals surface area contributed by atoms with Crippen molar-refractivity contribution >= 4 is 33.2 Å². The molecule has 1 aromatic heterocycles. The lowest BCUT2D eigenvalue weighted by Gasteiger charge is -2.31. The van der Waals surface area contributed by atoms with Crippen molar-refractivity contribution in [3.63, 3.8) is 0 Å². The maximum absolute atomic E-state index is 12.4. The summed E-state index contributed by atoms with van der Waals surface area (Å²) in [7, 11) is 0. The summed E-state index contributed by atoms with van der Waals surface area (Å²) in [5.74, 6) is -0.0273. The molecule has 0 aliphatic carbocycles. The van der Waals surface area contributed by atoms with Crippen molar-refractivity contribution in [2.75, 3.05) is 32.8 Å². The van der Waals surface area contributed by atoms with Crippen LogP contribution in [0.15, 0.2) is 46.3 Å². The smallest absolute Gasteiger partial charge is 0.251 e. The van der Waals surface area contributed by atoms with Gasteiger partial charge in [-0.3, -0.25) is 4.79 Å². The highest BCUT2D eigenvalue weighted by molar-refractivity contribution is 9.10. The summed E-state index contributed by atoms with van der Waals surface area (Å²) in [5.41, 5.74) is 0.682. The van der Waals surface area contributed by atoms with Crippen molar-refractivity contribution in [1.82, 2.24) is 5.32 Å². The van der Waals surface area contributed by atoms with Gasteiger partial charge in [0.1, 0.15) is 19.1 Å². The zero-order valence-corrected chi connectivity index (χ0v) is 15.2. The zero-order chi connectivity index (χ0) is 16.1. The summed E-state index contributed by atoms with van der Waals surface area (Å²) < 4.78 is 6.38. The molecular formula is C17H20BrN2O2S+. The SMILES string of the molecule is O=C(NC[C@@H](c1cccs1)[NH+]1CCOCC1)c1cccc(Br)c1. The number of nitrogens with one attached hydrogen (secondary N) is 2. The lowest BCUT2D eigenvalue weighted by molar-refractivity contribution is -0.937. The van der Waals surface area contributed by atoms with Gasteiger partial charge in [-0.05, 0) is 29.6 Å². The number of carbonyl (C=O) groups excluding carboxylic acids is 1. The van der Waals surface area contributed by atoms with Crippen LogP contribution in [0.2, 0.25) is 0 Å². The van der Waals surface area contributed by atoms with Gasteiger partial charge in [-0.2, -0.15) is 0 Å². The van der Waals surface area contributed by atoms with Gasteiger partial charge in [0, 0.05) is 10.0 Å². The molecule has 0 spiro atoms. The quantitative estimate of drug-likeness (QED) is 0.811. The first-order chi connectivity index (χ1) is 11.2. The Bertz CT molecular complexity index is 642. The van der Waals surface area contributed by atoms with E-state index in [2.05, 4.69) is 38.8 Å². The predicted molar refractivity (Wildman–Crippen MR) is 95.1 cm³/mol. The first kappa shape index (κ1) is 16.6. The first-order valence-electron chi connectivity index (χ1n) is 7.73. The van der Waals surface area contributed by atoms with Crippen molar-refractivity contribution in [2.45, 2.75) is 6.04 Å². The van der Waals surface area contributed by atoms with E-state index in [-0.39, 0.29) is 11.9 Å². The number of thiophene rings is 1. The van der Waals surface area contributed by atoms with Crippen molar-refractivity contribution in [3.05, 3.63) is 56.7 Å². The summed E-state index contributed by atoms with van der Waals surface area (Å²) in [6.07, 6.45) is 0. The van der Waals surface area contributed by atoms with Gasteiger partial charge in [-0.25, -0.2) is 0 Å². The minimum Gasteiger partial charge on any atom is -0.370 e. The Hall–Kier alpha value is -1.21. The molecule has 3 rings (SSSR count). The molecule has 0 bridgehead atoms. The molecule has 2 aromatic rings. The van der Waals surface area contributed by atoms with Gasteiger partial charge >= 0.3 is 0 Å². The van der Waals surface area contributed by atoms with Crippen molar-refractivity contribution in [2.24, 2.45) is 0 Å². The maximum Gasteiger partial charge on any atom is 0.251 e. The molecule has 1 amide bonds. The van der Waals surface area contributed by atoms with E-state index >= 15 is 0 Å². The van der Waals surface area contributed by atoms with Crippen LogP contribution >= 0.6 is 27.3 Å². The molecule has 1 fully saturated rings. The van der Waals surface area contributed by atoms with Crippen LogP contribution in [0.25, 0.3) is 0 Å². The third kappa shape index (κ3) is 4.41. The van der Waals surface area contributed by atoms with Gasteiger partial charge in [-0.1, -0.05) is 28.1 Å². The van der Waals surface area contributed by atoms with E-state index in [1.54, 1.807) is 11.3 Å². The van der Waals surface area contributed by atoms with Crippen LogP contribution in [0, 0.1) is 0 Å². The van der Waals surface area contributed by atoms with Crippen LogP contribution in [0.4, 0.5) is 0 Å². The van der Waals surface area contributed by atoms with Crippen LogP contribution in [0.1, 0.15) is 21.3 Å². The number of ether oxygens (including phenoxy) is 1. The molecule has 0 unspecified atom stereocenters. The Balaban J connectivity index is 1.67. The maximum atomic E-state index is 12.4. The highest BCUT2D eigenvalue weighted by atomic mass is 79.9. The van der Waals surface area contributed by atoms with Crippen LogP contribution in [0.3, 0.4) is 0 Å². The number of rotatable bonds is 5. The van der Waals surface area contributed by atoms with Crippen LogP contribution in [-0.2, 0) is 4.74 Å². The van der Waals surface area contributed by atoms with Gasteiger partial charge in [0.25, 0.3) is 5.91 Å². The van der Waals surface area contributed by atoms with Gasteiger partial charge < -0.3 is 15.0 Å². The summed E-state index contributed by atoms with van der Waals surface area (Å²) >= 11 is 5.16. The summed E-state index contributed by atoms with van der Waals surface area (Å²) in [6, 6.07) is 12.0. The number of hydrogen-bond donors (Lipinski definition) is 2. The molecule has 1 aliphatic rings.